The zero-order valence-corrected chi connectivity index (χ0v) is 11.5. The van der Waals surface area contributed by atoms with Crippen molar-refractivity contribution in [1.29, 1.82) is 0 Å². The highest BCUT2D eigenvalue weighted by atomic mass is 32.2. The third kappa shape index (κ3) is 6.20. The van der Waals surface area contributed by atoms with E-state index in [1.807, 2.05) is 20.8 Å². The molecule has 15 heavy (non-hydrogen) atoms. The normalized spacial score (nSPS) is 17.2. The second-order valence-corrected chi connectivity index (χ2v) is 6.44. The quantitative estimate of drug-likeness (QED) is 0.697. The predicted molar refractivity (Wildman–Crippen MR) is 68.8 cm³/mol. The molecular weight excluding hydrogens is 230 g/mol. The summed E-state index contributed by atoms with van der Waals surface area (Å²) < 4.78 is 11.0. The maximum atomic E-state index is 11.5. The number of nitrogens with one attached hydrogen (secondary N) is 1. The van der Waals surface area contributed by atoms with Gasteiger partial charge >= 0.3 is 0 Å². The van der Waals surface area contributed by atoms with Gasteiger partial charge in [0.05, 0.1) is 5.25 Å². The number of rotatable bonds is 6. The van der Waals surface area contributed by atoms with Gasteiger partial charge in [-0.25, -0.2) is 0 Å². The summed E-state index contributed by atoms with van der Waals surface area (Å²) >= 11 is 4.21. The van der Waals surface area contributed by atoms with Gasteiger partial charge in [0.25, 0.3) is 0 Å². The molecule has 3 nitrogen and oxygen atoms in total. The van der Waals surface area contributed by atoms with Crippen LogP contribution in [0.15, 0.2) is 0 Å². The van der Waals surface area contributed by atoms with Crippen molar-refractivity contribution in [1.82, 2.24) is 5.32 Å². The Kier molecular flexibility index (Phi) is 7.26. The highest BCUT2D eigenvalue weighted by Crippen LogP contribution is 2.08. The molecule has 90 valence electrons. The third-order valence-electron chi connectivity index (χ3n) is 2.32. The number of hydrogen-bond acceptors (Lipinski definition) is 3. The Morgan fingerprint density at radius 1 is 1.40 bits per heavy atom. The van der Waals surface area contributed by atoms with E-state index < -0.39 is 10.8 Å². The van der Waals surface area contributed by atoms with Crippen molar-refractivity contribution in [3.05, 3.63) is 0 Å². The third-order valence-corrected chi connectivity index (χ3v) is 4.52. The fraction of sp³-hybridized carbons (Fsp3) is 0.900. The summed E-state index contributed by atoms with van der Waals surface area (Å²) in [6.07, 6.45) is 2.43. The summed E-state index contributed by atoms with van der Waals surface area (Å²) in [5, 5.41) is 2.67. The van der Waals surface area contributed by atoms with Gasteiger partial charge in [-0.05, 0) is 12.3 Å². The van der Waals surface area contributed by atoms with Crippen molar-refractivity contribution >= 4 is 29.3 Å². The highest BCUT2D eigenvalue weighted by molar-refractivity contribution is 7.84. The first-order chi connectivity index (χ1) is 6.86. The van der Waals surface area contributed by atoms with Gasteiger partial charge in [-0.3, -0.25) is 9.00 Å². The van der Waals surface area contributed by atoms with Crippen LogP contribution in [0.4, 0.5) is 0 Å². The van der Waals surface area contributed by atoms with Crippen LogP contribution < -0.4 is 5.32 Å². The molecule has 0 aromatic rings. The fourth-order valence-electron chi connectivity index (χ4n) is 0.972. The van der Waals surface area contributed by atoms with Crippen LogP contribution in [0.25, 0.3) is 0 Å². The summed E-state index contributed by atoms with van der Waals surface area (Å²) in [5.41, 5.74) is 0. The van der Waals surface area contributed by atoms with Crippen LogP contribution in [-0.4, -0.2) is 33.4 Å². The molecule has 3 atom stereocenters. The van der Waals surface area contributed by atoms with Crippen LogP contribution in [-0.2, 0) is 15.6 Å². The summed E-state index contributed by atoms with van der Waals surface area (Å²) in [5.74, 6) is 0.188. The Bertz CT molecular complexity index is 231. The topological polar surface area (TPSA) is 46.2 Å². The monoisotopic (exact) mass is 251 g/mol. The van der Waals surface area contributed by atoms with Gasteiger partial charge < -0.3 is 5.32 Å². The molecule has 0 aliphatic rings. The van der Waals surface area contributed by atoms with Crippen LogP contribution in [0.2, 0.25) is 0 Å². The number of thiol groups is 1. The van der Waals surface area contributed by atoms with E-state index >= 15 is 0 Å². The van der Waals surface area contributed by atoms with E-state index in [9.17, 15) is 9.00 Å². The average Bonchev–Trinajstić information content (AvgIpc) is 2.15. The molecule has 3 unspecified atom stereocenters. The molecule has 0 aromatic heterocycles. The molecule has 1 N–H and O–H groups in total. The van der Waals surface area contributed by atoms with Gasteiger partial charge in [0, 0.05) is 28.9 Å². The van der Waals surface area contributed by atoms with E-state index in [0.29, 0.717) is 6.54 Å². The number of carbonyl (C=O) groups excluding carboxylic acids is 1. The molecule has 0 spiro atoms. The van der Waals surface area contributed by atoms with E-state index in [0.717, 1.165) is 6.42 Å². The molecule has 5 heteroatoms. The number of hydrogen-bond donors (Lipinski definition) is 2. The molecule has 0 aliphatic carbocycles. The fourth-order valence-corrected chi connectivity index (χ4v) is 1.51. The van der Waals surface area contributed by atoms with Crippen LogP contribution in [0.1, 0.15) is 27.2 Å². The van der Waals surface area contributed by atoms with E-state index in [1.165, 1.54) is 0 Å². The molecular formula is C10H21NO2S2. The molecule has 0 radical (unpaired) electrons. The predicted octanol–water partition coefficient (Wildman–Crippen LogP) is 1.21. The number of amides is 1. The first-order valence-electron chi connectivity index (χ1n) is 5.14. The van der Waals surface area contributed by atoms with Gasteiger partial charge in [0.15, 0.2) is 0 Å². The number of carbonyl (C=O) groups is 1. The Labute approximate surface area is 100 Å². The minimum Gasteiger partial charge on any atom is -0.355 e. The Morgan fingerprint density at radius 2 is 1.93 bits per heavy atom. The van der Waals surface area contributed by atoms with Crippen molar-refractivity contribution in [2.75, 3.05) is 12.8 Å². The first-order valence-corrected chi connectivity index (χ1v) is 7.28. The standard InChI is InChI=1S/C10H21NO2S2/c1-7(2)9(14)10(12)11-6-5-8(3)15(4)13/h7-9,14H,5-6H2,1-4H3,(H,11,12). The Morgan fingerprint density at radius 3 is 2.33 bits per heavy atom. The molecule has 1 amide bonds. The SMILES string of the molecule is CC(C)C(S)C(=O)NCCC(C)S(C)=O. The summed E-state index contributed by atoms with van der Waals surface area (Å²) in [7, 11) is -0.815. The van der Waals surface area contributed by atoms with Crippen molar-refractivity contribution < 1.29 is 9.00 Å². The smallest absolute Gasteiger partial charge is 0.233 e. The first kappa shape index (κ1) is 15.0. The molecule has 0 saturated carbocycles. The molecule has 0 fully saturated rings. The van der Waals surface area contributed by atoms with Crippen LogP contribution in [0, 0.1) is 5.92 Å². The molecule has 0 heterocycles. The lowest BCUT2D eigenvalue weighted by molar-refractivity contribution is -0.121. The maximum absolute atomic E-state index is 11.5. The van der Waals surface area contributed by atoms with Gasteiger partial charge in [0.1, 0.15) is 0 Å². The minimum absolute atomic E-state index is 0.0394. The maximum Gasteiger partial charge on any atom is 0.233 e. The van der Waals surface area contributed by atoms with Crippen LogP contribution >= 0.6 is 12.6 Å². The molecule has 0 saturated heterocycles. The van der Waals surface area contributed by atoms with Crippen molar-refractivity contribution in [2.24, 2.45) is 5.92 Å². The van der Waals surface area contributed by atoms with E-state index in [-0.39, 0.29) is 22.3 Å². The van der Waals surface area contributed by atoms with Crippen molar-refractivity contribution in [3.63, 3.8) is 0 Å². The van der Waals surface area contributed by atoms with Gasteiger partial charge in [-0.1, -0.05) is 20.8 Å². The van der Waals surface area contributed by atoms with Crippen molar-refractivity contribution in [3.8, 4) is 0 Å². The molecule has 0 rings (SSSR count). The Balaban J connectivity index is 3.78. The minimum atomic E-state index is -0.815. The highest BCUT2D eigenvalue weighted by Gasteiger charge is 2.17. The largest absolute Gasteiger partial charge is 0.355 e. The van der Waals surface area contributed by atoms with Crippen LogP contribution in [0.3, 0.4) is 0 Å². The zero-order chi connectivity index (χ0) is 12.0. The summed E-state index contributed by atoms with van der Waals surface area (Å²) in [4.78, 5) is 11.5. The van der Waals surface area contributed by atoms with E-state index in [4.69, 9.17) is 0 Å². The van der Waals surface area contributed by atoms with Gasteiger partial charge in [0.2, 0.25) is 5.91 Å². The zero-order valence-electron chi connectivity index (χ0n) is 9.82. The molecule has 0 bridgehead atoms. The lowest BCUT2D eigenvalue weighted by atomic mass is 10.1. The average molecular weight is 251 g/mol. The lowest BCUT2D eigenvalue weighted by Crippen LogP contribution is -2.36. The second-order valence-electron chi connectivity index (χ2n) is 4.08. The van der Waals surface area contributed by atoms with Gasteiger partial charge in [-0.2, -0.15) is 12.6 Å². The van der Waals surface area contributed by atoms with E-state index in [2.05, 4.69) is 17.9 Å². The second kappa shape index (κ2) is 7.28. The lowest BCUT2D eigenvalue weighted by Gasteiger charge is -2.15. The van der Waals surface area contributed by atoms with Crippen LogP contribution in [0.5, 0.6) is 0 Å². The summed E-state index contributed by atoms with van der Waals surface area (Å²) in [6.45, 7) is 6.41. The molecule has 0 aliphatic heterocycles. The summed E-state index contributed by atoms with van der Waals surface area (Å²) in [6, 6.07) is 0. The van der Waals surface area contributed by atoms with Gasteiger partial charge in [-0.15, -0.1) is 0 Å². The molecule has 0 aromatic carbocycles. The van der Waals surface area contributed by atoms with Crippen molar-refractivity contribution in [2.45, 2.75) is 37.7 Å². The van der Waals surface area contributed by atoms with E-state index in [1.54, 1.807) is 6.26 Å². The Hall–Kier alpha value is -0.0300.